The zero-order valence-electron chi connectivity index (χ0n) is 9.00. The number of benzene rings is 1. The average Bonchev–Trinajstić information content (AvgIpc) is 2.26. The van der Waals surface area contributed by atoms with Crippen molar-refractivity contribution in [2.75, 3.05) is 19.0 Å². The van der Waals surface area contributed by atoms with E-state index in [4.69, 9.17) is 4.74 Å². The van der Waals surface area contributed by atoms with Crippen LogP contribution in [0.25, 0.3) is 0 Å². The lowest BCUT2D eigenvalue weighted by Gasteiger charge is -2.07. The number of methoxy groups -OCH3 is 1. The molecule has 0 aromatic heterocycles. The molecule has 0 saturated carbocycles. The Hall–Kier alpha value is -1.44. The first-order chi connectivity index (χ1) is 6.76. The number of allylic oxidation sites excluding steroid dienone is 1. The molecule has 1 aromatic carbocycles. The predicted octanol–water partition coefficient (Wildman–Crippen LogP) is 3.07. The molecule has 0 bridgehead atoms. The van der Waals surface area contributed by atoms with E-state index in [9.17, 15) is 0 Å². The molecular weight excluding hydrogens is 174 g/mol. The van der Waals surface area contributed by atoms with Crippen molar-refractivity contribution in [1.29, 1.82) is 0 Å². The van der Waals surface area contributed by atoms with E-state index in [-0.39, 0.29) is 0 Å². The van der Waals surface area contributed by atoms with E-state index in [1.165, 1.54) is 5.57 Å². The van der Waals surface area contributed by atoms with Gasteiger partial charge < -0.3 is 10.1 Å². The van der Waals surface area contributed by atoms with Crippen molar-refractivity contribution in [3.8, 4) is 5.75 Å². The monoisotopic (exact) mass is 191 g/mol. The van der Waals surface area contributed by atoms with Gasteiger partial charge in [-0.1, -0.05) is 17.7 Å². The van der Waals surface area contributed by atoms with Gasteiger partial charge in [0.25, 0.3) is 0 Å². The van der Waals surface area contributed by atoms with Crippen LogP contribution in [0, 0.1) is 0 Å². The maximum absolute atomic E-state index is 5.13. The minimum Gasteiger partial charge on any atom is -0.497 e. The Labute approximate surface area is 85.6 Å². The van der Waals surface area contributed by atoms with Crippen LogP contribution in [0.2, 0.25) is 0 Å². The summed E-state index contributed by atoms with van der Waals surface area (Å²) in [6.45, 7) is 5.03. The van der Waals surface area contributed by atoms with E-state index < -0.39 is 0 Å². The summed E-state index contributed by atoms with van der Waals surface area (Å²) in [4.78, 5) is 0. The first kappa shape index (κ1) is 10.6. The number of nitrogens with one attached hydrogen (secondary N) is 1. The van der Waals surface area contributed by atoms with Gasteiger partial charge in [-0.05, 0) is 26.0 Å². The first-order valence-corrected chi connectivity index (χ1v) is 4.76. The molecule has 1 N–H and O–H groups in total. The zero-order valence-corrected chi connectivity index (χ0v) is 9.00. The molecule has 2 nitrogen and oxygen atoms in total. The van der Waals surface area contributed by atoms with Crippen LogP contribution >= 0.6 is 0 Å². The van der Waals surface area contributed by atoms with Crippen molar-refractivity contribution in [1.82, 2.24) is 0 Å². The summed E-state index contributed by atoms with van der Waals surface area (Å²) >= 11 is 0. The normalized spacial score (nSPS) is 11.2. The molecule has 0 fully saturated rings. The van der Waals surface area contributed by atoms with Crippen molar-refractivity contribution in [2.45, 2.75) is 13.8 Å². The maximum atomic E-state index is 5.13. The molecular formula is C12H17NO. The van der Waals surface area contributed by atoms with Gasteiger partial charge in [-0.3, -0.25) is 0 Å². The maximum Gasteiger partial charge on any atom is 0.120 e. The topological polar surface area (TPSA) is 21.3 Å². The van der Waals surface area contributed by atoms with Gasteiger partial charge in [0.05, 0.1) is 7.11 Å². The fourth-order valence-corrected chi connectivity index (χ4v) is 1.08. The van der Waals surface area contributed by atoms with E-state index in [1.807, 2.05) is 31.2 Å². The second kappa shape index (κ2) is 5.32. The van der Waals surface area contributed by atoms with E-state index in [2.05, 4.69) is 18.3 Å². The molecule has 0 aliphatic carbocycles. The molecule has 0 atom stereocenters. The molecule has 0 saturated heterocycles. The highest BCUT2D eigenvalue weighted by molar-refractivity contribution is 5.48. The molecule has 0 radical (unpaired) electrons. The highest BCUT2D eigenvalue weighted by Gasteiger charge is 1.94. The van der Waals surface area contributed by atoms with E-state index in [0.29, 0.717) is 0 Å². The van der Waals surface area contributed by atoms with E-state index >= 15 is 0 Å². The van der Waals surface area contributed by atoms with Gasteiger partial charge in [-0.25, -0.2) is 0 Å². The SMILES string of the molecule is C/C=C(\C)CNc1cccc(OC)c1. The molecule has 1 rings (SSSR count). The van der Waals surface area contributed by atoms with E-state index in [1.54, 1.807) is 7.11 Å². The van der Waals surface area contributed by atoms with Gasteiger partial charge in [0, 0.05) is 18.3 Å². The molecule has 14 heavy (non-hydrogen) atoms. The summed E-state index contributed by atoms with van der Waals surface area (Å²) in [5.41, 5.74) is 2.42. The minimum absolute atomic E-state index is 0.879. The molecule has 76 valence electrons. The van der Waals surface area contributed by atoms with Crippen LogP contribution in [0.1, 0.15) is 13.8 Å². The Morgan fingerprint density at radius 1 is 1.50 bits per heavy atom. The van der Waals surface area contributed by atoms with Crippen LogP contribution in [0.5, 0.6) is 5.75 Å². The van der Waals surface area contributed by atoms with Crippen LogP contribution in [-0.2, 0) is 0 Å². The molecule has 0 spiro atoms. The molecule has 0 heterocycles. The molecule has 0 amide bonds. The van der Waals surface area contributed by atoms with Gasteiger partial charge in [-0.2, -0.15) is 0 Å². The summed E-state index contributed by atoms with van der Waals surface area (Å²) in [6, 6.07) is 7.94. The number of anilines is 1. The lowest BCUT2D eigenvalue weighted by molar-refractivity contribution is 0.415. The number of hydrogen-bond donors (Lipinski definition) is 1. The third kappa shape index (κ3) is 3.13. The standard InChI is InChI=1S/C12H17NO/c1-4-10(2)9-13-11-6-5-7-12(8-11)14-3/h4-8,13H,9H2,1-3H3/b10-4+. The highest BCUT2D eigenvalue weighted by atomic mass is 16.5. The van der Waals surface area contributed by atoms with Crippen molar-refractivity contribution in [3.05, 3.63) is 35.9 Å². The van der Waals surface area contributed by atoms with Crippen LogP contribution in [0.4, 0.5) is 5.69 Å². The zero-order chi connectivity index (χ0) is 10.4. The third-order valence-corrected chi connectivity index (χ3v) is 2.13. The van der Waals surface area contributed by atoms with Crippen LogP contribution in [0.15, 0.2) is 35.9 Å². The van der Waals surface area contributed by atoms with Crippen molar-refractivity contribution in [2.24, 2.45) is 0 Å². The smallest absolute Gasteiger partial charge is 0.120 e. The summed E-state index contributed by atoms with van der Waals surface area (Å²) in [5, 5.41) is 3.32. The molecule has 1 aromatic rings. The Balaban J connectivity index is 2.58. The van der Waals surface area contributed by atoms with Gasteiger partial charge in [-0.15, -0.1) is 0 Å². The van der Waals surface area contributed by atoms with Crippen LogP contribution in [0.3, 0.4) is 0 Å². The van der Waals surface area contributed by atoms with Gasteiger partial charge in [0.15, 0.2) is 0 Å². The predicted molar refractivity (Wildman–Crippen MR) is 60.9 cm³/mol. The number of hydrogen-bond acceptors (Lipinski definition) is 2. The van der Waals surface area contributed by atoms with Crippen molar-refractivity contribution in [3.63, 3.8) is 0 Å². The first-order valence-electron chi connectivity index (χ1n) is 4.76. The Kier molecular flexibility index (Phi) is 4.05. The summed E-state index contributed by atoms with van der Waals surface area (Å²) in [6.07, 6.45) is 2.10. The van der Waals surface area contributed by atoms with Gasteiger partial charge in [0.2, 0.25) is 0 Å². The molecule has 2 heteroatoms. The van der Waals surface area contributed by atoms with Crippen molar-refractivity contribution >= 4 is 5.69 Å². The molecule has 0 unspecified atom stereocenters. The minimum atomic E-state index is 0.879. The van der Waals surface area contributed by atoms with Gasteiger partial charge >= 0.3 is 0 Å². The van der Waals surface area contributed by atoms with Gasteiger partial charge in [0.1, 0.15) is 5.75 Å². The van der Waals surface area contributed by atoms with Crippen LogP contribution in [-0.4, -0.2) is 13.7 Å². The quantitative estimate of drug-likeness (QED) is 0.738. The van der Waals surface area contributed by atoms with Crippen LogP contribution < -0.4 is 10.1 Å². The second-order valence-electron chi connectivity index (χ2n) is 3.22. The lowest BCUT2D eigenvalue weighted by Crippen LogP contribution is -2.02. The Morgan fingerprint density at radius 2 is 2.29 bits per heavy atom. The fourth-order valence-electron chi connectivity index (χ4n) is 1.08. The summed E-state index contributed by atoms with van der Waals surface area (Å²) < 4.78 is 5.13. The molecule has 0 aliphatic rings. The Morgan fingerprint density at radius 3 is 2.93 bits per heavy atom. The summed E-state index contributed by atoms with van der Waals surface area (Å²) in [7, 11) is 1.68. The largest absolute Gasteiger partial charge is 0.497 e. The second-order valence-corrected chi connectivity index (χ2v) is 3.22. The van der Waals surface area contributed by atoms with Crippen molar-refractivity contribution < 1.29 is 4.74 Å². The van der Waals surface area contributed by atoms with E-state index in [0.717, 1.165) is 18.0 Å². The number of rotatable bonds is 4. The fraction of sp³-hybridized carbons (Fsp3) is 0.333. The third-order valence-electron chi connectivity index (χ3n) is 2.13. The number of ether oxygens (including phenoxy) is 1. The summed E-state index contributed by atoms with van der Waals surface area (Å²) in [5.74, 6) is 0.883. The highest BCUT2D eigenvalue weighted by Crippen LogP contribution is 2.16. The average molecular weight is 191 g/mol. The molecule has 0 aliphatic heterocycles. The Bertz CT molecular complexity index is 318. The lowest BCUT2D eigenvalue weighted by atomic mass is 10.2.